The fourth-order valence-electron chi connectivity index (χ4n) is 1.99. The summed E-state index contributed by atoms with van der Waals surface area (Å²) in [4.78, 5) is 16.1. The first kappa shape index (κ1) is 13.9. The van der Waals surface area contributed by atoms with Crippen molar-refractivity contribution >= 4 is 56.0 Å². The molecule has 1 aromatic carbocycles. The van der Waals surface area contributed by atoms with Crippen molar-refractivity contribution in [3.8, 4) is 0 Å². The van der Waals surface area contributed by atoms with Crippen LogP contribution in [-0.2, 0) is 0 Å². The van der Waals surface area contributed by atoms with E-state index < -0.39 is 0 Å². The lowest BCUT2D eigenvalue weighted by atomic mass is 10.1. The smallest absolute Gasteiger partial charge is 0.258 e. The summed E-state index contributed by atoms with van der Waals surface area (Å²) in [5.74, 6) is 0. The fourth-order valence-corrected chi connectivity index (χ4v) is 3.32. The summed E-state index contributed by atoms with van der Waals surface area (Å²) in [6.45, 7) is 0. The van der Waals surface area contributed by atoms with Gasteiger partial charge in [0.1, 0.15) is 0 Å². The first-order valence-electron chi connectivity index (χ1n) is 6.11. The Hall–Kier alpha value is -2.05. The monoisotopic (exact) mass is 360 g/mol. The normalized spacial score (nSPS) is 11.3. The van der Waals surface area contributed by atoms with Gasteiger partial charge in [0, 0.05) is 10.9 Å². The lowest BCUT2D eigenvalue weighted by Crippen LogP contribution is -1.91. The van der Waals surface area contributed by atoms with E-state index in [-0.39, 0.29) is 10.6 Å². The minimum atomic E-state index is -0.386. The van der Waals surface area contributed by atoms with Crippen molar-refractivity contribution in [1.29, 1.82) is 0 Å². The predicted molar refractivity (Wildman–Crippen MR) is 89.3 cm³/mol. The average Bonchev–Trinajstić information content (AvgIpc) is 2.89. The molecule has 3 aromatic rings. The molecular weight excluding hydrogens is 352 g/mol. The molecule has 3 rings (SSSR count). The first-order chi connectivity index (χ1) is 10.1. The average molecular weight is 361 g/mol. The Morgan fingerprint density at radius 1 is 1.14 bits per heavy atom. The van der Waals surface area contributed by atoms with Crippen LogP contribution in [0.3, 0.4) is 0 Å². The van der Waals surface area contributed by atoms with Crippen molar-refractivity contribution in [3.05, 3.63) is 66.9 Å². The van der Waals surface area contributed by atoms with E-state index in [1.165, 1.54) is 6.07 Å². The van der Waals surface area contributed by atoms with E-state index in [2.05, 4.69) is 20.9 Å². The van der Waals surface area contributed by atoms with Crippen LogP contribution in [0.1, 0.15) is 10.6 Å². The summed E-state index contributed by atoms with van der Waals surface area (Å²) in [6, 6.07) is 12.4. The number of benzene rings is 1. The molecule has 0 unspecified atom stereocenters. The predicted octanol–water partition coefficient (Wildman–Crippen LogP) is 5.14. The molecule has 0 radical (unpaired) electrons. The number of nitrogens with zero attached hydrogens (tertiary/aromatic N) is 2. The molecule has 0 spiro atoms. The van der Waals surface area contributed by atoms with Crippen LogP contribution in [0.5, 0.6) is 0 Å². The highest BCUT2D eigenvalue weighted by molar-refractivity contribution is 9.11. The van der Waals surface area contributed by atoms with Gasteiger partial charge in [-0.1, -0.05) is 6.07 Å². The zero-order valence-corrected chi connectivity index (χ0v) is 13.1. The summed E-state index contributed by atoms with van der Waals surface area (Å²) in [7, 11) is 0. The molecule has 4 nitrogen and oxygen atoms in total. The zero-order valence-electron chi connectivity index (χ0n) is 10.7. The van der Waals surface area contributed by atoms with Crippen LogP contribution in [-0.4, -0.2) is 9.91 Å². The van der Waals surface area contributed by atoms with Crippen LogP contribution in [0, 0.1) is 10.1 Å². The van der Waals surface area contributed by atoms with Gasteiger partial charge in [0.25, 0.3) is 5.69 Å². The van der Waals surface area contributed by atoms with Crippen LogP contribution in [0.4, 0.5) is 5.69 Å². The molecule has 104 valence electrons. The molecule has 0 saturated carbocycles. The quantitative estimate of drug-likeness (QED) is 0.480. The van der Waals surface area contributed by atoms with Gasteiger partial charge in [-0.2, -0.15) is 0 Å². The van der Waals surface area contributed by atoms with E-state index in [1.807, 2.05) is 24.3 Å². The minimum Gasteiger partial charge on any atom is -0.258 e. The number of rotatable bonds is 3. The molecular formula is C15H9BrN2O2S. The Bertz CT molecular complexity index is 858. The molecule has 2 aromatic heterocycles. The molecule has 0 aliphatic rings. The fraction of sp³-hybridized carbons (Fsp3) is 0. The third kappa shape index (κ3) is 3.01. The number of nitro groups is 1. The van der Waals surface area contributed by atoms with Crippen molar-refractivity contribution in [2.45, 2.75) is 0 Å². The molecule has 0 aliphatic heterocycles. The Morgan fingerprint density at radius 3 is 2.71 bits per heavy atom. The lowest BCUT2D eigenvalue weighted by molar-refractivity contribution is -0.383. The number of thiophene rings is 1. The Kier molecular flexibility index (Phi) is 3.81. The number of halogens is 1. The highest BCUT2D eigenvalue weighted by atomic mass is 79.9. The third-order valence-corrected chi connectivity index (χ3v) is 4.53. The largest absolute Gasteiger partial charge is 0.278 e. The van der Waals surface area contributed by atoms with Crippen molar-refractivity contribution in [1.82, 2.24) is 4.98 Å². The van der Waals surface area contributed by atoms with Crippen molar-refractivity contribution in [3.63, 3.8) is 0 Å². The van der Waals surface area contributed by atoms with E-state index >= 15 is 0 Å². The van der Waals surface area contributed by atoms with Gasteiger partial charge in [-0.05, 0) is 58.4 Å². The molecule has 0 fully saturated rings. The van der Waals surface area contributed by atoms with Gasteiger partial charge in [-0.15, -0.1) is 11.3 Å². The van der Waals surface area contributed by atoms with Crippen LogP contribution in [0.25, 0.3) is 23.1 Å². The van der Waals surface area contributed by atoms with E-state index in [4.69, 9.17) is 0 Å². The second-order valence-electron chi connectivity index (χ2n) is 4.31. The molecule has 0 atom stereocenters. The Labute approximate surface area is 133 Å². The number of nitro benzene ring substituents is 1. The minimum absolute atomic E-state index is 0.0812. The van der Waals surface area contributed by atoms with Gasteiger partial charge < -0.3 is 0 Å². The van der Waals surface area contributed by atoms with Gasteiger partial charge in [0.15, 0.2) is 0 Å². The molecule has 6 heteroatoms. The number of fused-ring (bicyclic) bond motifs is 1. The van der Waals surface area contributed by atoms with E-state index in [9.17, 15) is 10.1 Å². The molecule has 0 bridgehead atoms. The zero-order chi connectivity index (χ0) is 14.8. The molecule has 0 aliphatic carbocycles. The maximum absolute atomic E-state index is 11.0. The summed E-state index contributed by atoms with van der Waals surface area (Å²) >= 11 is 5.05. The highest BCUT2D eigenvalue weighted by Gasteiger charge is 2.11. The number of aromatic nitrogens is 1. The third-order valence-electron chi connectivity index (χ3n) is 2.94. The van der Waals surface area contributed by atoms with Gasteiger partial charge in [-0.3, -0.25) is 10.1 Å². The Balaban J connectivity index is 1.98. The second kappa shape index (κ2) is 5.75. The maximum Gasteiger partial charge on any atom is 0.278 e. The maximum atomic E-state index is 11.0. The number of hydrogen-bond donors (Lipinski definition) is 0. The summed E-state index contributed by atoms with van der Waals surface area (Å²) in [5.41, 5.74) is 1.48. The van der Waals surface area contributed by atoms with Crippen LogP contribution in [0.2, 0.25) is 0 Å². The molecule has 21 heavy (non-hydrogen) atoms. The number of hydrogen-bond acceptors (Lipinski definition) is 4. The molecule has 0 amide bonds. The molecule has 0 N–H and O–H groups in total. The SMILES string of the molecule is O=[N+]([O-])c1cccc2nc(/C=C/c3ccc(Br)s3)ccc12. The van der Waals surface area contributed by atoms with E-state index in [0.29, 0.717) is 10.9 Å². The van der Waals surface area contributed by atoms with Crippen molar-refractivity contribution in [2.75, 3.05) is 0 Å². The highest BCUT2D eigenvalue weighted by Crippen LogP contribution is 2.26. The van der Waals surface area contributed by atoms with Gasteiger partial charge in [-0.25, -0.2) is 4.98 Å². The van der Waals surface area contributed by atoms with Crippen molar-refractivity contribution < 1.29 is 4.92 Å². The van der Waals surface area contributed by atoms with Crippen LogP contribution in [0.15, 0.2) is 46.3 Å². The molecule has 0 saturated heterocycles. The van der Waals surface area contributed by atoms with Gasteiger partial charge in [0.05, 0.1) is 25.3 Å². The Morgan fingerprint density at radius 2 is 2.00 bits per heavy atom. The lowest BCUT2D eigenvalue weighted by Gasteiger charge is -2.00. The van der Waals surface area contributed by atoms with E-state index in [1.54, 1.807) is 35.6 Å². The van der Waals surface area contributed by atoms with Crippen molar-refractivity contribution in [2.24, 2.45) is 0 Å². The summed E-state index contributed by atoms with van der Waals surface area (Å²) in [6.07, 6.45) is 3.87. The topological polar surface area (TPSA) is 56.0 Å². The van der Waals surface area contributed by atoms with Gasteiger partial charge in [0.2, 0.25) is 0 Å². The van der Waals surface area contributed by atoms with E-state index in [0.717, 1.165) is 14.4 Å². The van der Waals surface area contributed by atoms with Gasteiger partial charge >= 0.3 is 0 Å². The standard InChI is InChI=1S/C15H9BrN2O2S/c16-15-9-7-11(21-15)6-4-10-5-8-12-13(17-10)2-1-3-14(12)18(19)20/h1-9H/b6-4+. The van der Waals surface area contributed by atoms with Crippen LogP contribution >= 0.6 is 27.3 Å². The second-order valence-corrected chi connectivity index (χ2v) is 6.81. The number of pyridine rings is 1. The van der Waals surface area contributed by atoms with Crippen LogP contribution < -0.4 is 0 Å². The first-order valence-corrected chi connectivity index (χ1v) is 7.72. The summed E-state index contributed by atoms with van der Waals surface area (Å²) in [5, 5.41) is 11.5. The summed E-state index contributed by atoms with van der Waals surface area (Å²) < 4.78 is 1.07. The number of non-ortho nitro benzene ring substituents is 1. The molecule has 2 heterocycles.